The molecule has 0 unspecified atom stereocenters. The van der Waals surface area contributed by atoms with Crippen LogP contribution in [0.3, 0.4) is 0 Å². The molecule has 14 heavy (non-hydrogen) atoms. The van der Waals surface area contributed by atoms with Gasteiger partial charge >= 0.3 is 0 Å². The average molecular weight is 199 g/mol. The number of phenolic OH excluding ortho intramolecular Hbond substituents is 1. The SMILES string of the molecule is Oc1ccc2c(c1)C(F)(F)CCNC2. The second-order valence-corrected chi connectivity index (χ2v) is 3.47. The van der Waals surface area contributed by atoms with Crippen LogP contribution in [0.4, 0.5) is 8.78 Å². The van der Waals surface area contributed by atoms with E-state index < -0.39 is 5.92 Å². The highest BCUT2D eigenvalue weighted by Crippen LogP contribution is 2.36. The number of halogens is 2. The zero-order valence-corrected chi connectivity index (χ0v) is 7.56. The van der Waals surface area contributed by atoms with E-state index in [2.05, 4.69) is 5.32 Å². The van der Waals surface area contributed by atoms with E-state index in [1.165, 1.54) is 12.1 Å². The van der Waals surface area contributed by atoms with Crippen LogP contribution in [0.1, 0.15) is 17.5 Å². The Labute approximate surface area is 80.6 Å². The maximum Gasteiger partial charge on any atom is 0.274 e. The molecule has 4 heteroatoms. The highest BCUT2D eigenvalue weighted by Gasteiger charge is 2.35. The van der Waals surface area contributed by atoms with Crippen molar-refractivity contribution in [2.75, 3.05) is 6.54 Å². The van der Waals surface area contributed by atoms with Crippen molar-refractivity contribution in [1.29, 1.82) is 0 Å². The maximum atomic E-state index is 13.5. The molecule has 0 amide bonds. The fourth-order valence-corrected chi connectivity index (χ4v) is 1.66. The zero-order chi connectivity index (χ0) is 10.2. The minimum absolute atomic E-state index is 0.0532. The molecule has 0 radical (unpaired) electrons. The van der Waals surface area contributed by atoms with Crippen LogP contribution >= 0.6 is 0 Å². The molecule has 1 aromatic carbocycles. The molecule has 1 aliphatic rings. The summed E-state index contributed by atoms with van der Waals surface area (Å²) in [6, 6.07) is 4.13. The molecule has 0 aliphatic carbocycles. The normalized spacial score (nSPS) is 19.9. The Morgan fingerprint density at radius 3 is 2.93 bits per heavy atom. The molecular weight excluding hydrogens is 188 g/mol. The monoisotopic (exact) mass is 199 g/mol. The molecular formula is C10H11F2NO. The summed E-state index contributed by atoms with van der Waals surface area (Å²) >= 11 is 0. The standard InChI is InChI=1S/C10H11F2NO/c11-10(12)3-4-13-6-7-1-2-8(14)5-9(7)10/h1-2,5,13-14H,3-4,6H2. The first-order valence-corrected chi connectivity index (χ1v) is 4.50. The molecule has 2 nitrogen and oxygen atoms in total. The molecule has 1 heterocycles. The summed E-state index contributed by atoms with van der Waals surface area (Å²) in [5.41, 5.74) is 0.507. The number of alkyl halides is 2. The van der Waals surface area contributed by atoms with Crippen LogP contribution in [0.25, 0.3) is 0 Å². The molecule has 1 aliphatic heterocycles. The molecule has 0 saturated carbocycles. The van der Waals surface area contributed by atoms with Gasteiger partial charge in [-0.1, -0.05) is 6.07 Å². The Morgan fingerprint density at radius 2 is 2.14 bits per heavy atom. The number of hydrogen-bond acceptors (Lipinski definition) is 2. The summed E-state index contributed by atoms with van der Waals surface area (Å²) in [5.74, 6) is -2.94. The van der Waals surface area contributed by atoms with Crippen LogP contribution in [0.2, 0.25) is 0 Å². The molecule has 0 bridgehead atoms. The topological polar surface area (TPSA) is 32.3 Å². The lowest BCUT2D eigenvalue weighted by molar-refractivity contribution is -0.0108. The van der Waals surface area contributed by atoms with Gasteiger partial charge in [-0.05, 0) is 17.7 Å². The Hall–Kier alpha value is -1.16. The van der Waals surface area contributed by atoms with Gasteiger partial charge in [0, 0.05) is 25.1 Å². The molecule has 2 rings (SSSR count). The molecule has 0 aromatic heterocycles. The lowest BCUT2D eigenvalue weighted by atomic mass is 10.0. The lowest BCUT2D eigenvalue weighted by Crippen LogP contribution is -2.17. The van der Waals surface area contributed by atoms with Crippen LogP contribution < -0.4 is 5.32 Å². The smallest absolute Gasteiger partial charge is 0.274 e. The second kappa shape index (κ2) is 3.20. The third-order valence-corrected chi connectivity index (χ3v) is 2.42. The first-order chi connectivity index (χ1) is 6.59. The van der Waals surface area contributed by atoms with Gasteiger partial charge in [-0.3, -0.25) is 0 Å². The minimum atomic E-state index is -2.84. The lowest BCUT2D eigenvalue weighted by Gasteiger charge is -2.16. The van der Waals surface area contributed by atoms with Crippen molar-refractivity contribution in [1.82, 2.24) is 5.32 Å². The Kier molecular flexibility index (Phi) is 2.15. The van der Waals surface area contributed by atoms with E-state index in [0.717, 1.165) is 6.07 Å². The molecule has 0 fully saturated rings. The van der Waals surface area contributed by atoms with E-state index in [-0.39, 0.29) is 17.7 Å². The van der Waals surface area contributed by atoms with Crippen molar-refractivity contribution in [2.24, 2.45) is 0 Å². The van der Waals surface area contributed by atoms with Crippen LogP contribution in [0.15, 0.2) is 18.2 Å². The van der Waals surface area contributed by atoms with Crippen LogP contribution in [-0.4, -0.2) is 11.7 Å². The highest BCUT2D eigenvalue weighted by atomic mass is 19.3. The number of phenols is 1. The summed E-state index contributed by atoms with van der Waals surface area (Å²) in [4.78, 5) is 0. The summed E-state index contributed by atoms with van der Waals surface area (Å²) < 4.78 is 27.0. The van der Waals surface area contributed by atoms with Crippen LogP contribution in [-0.2, 0) is 12.5 Å². The largest absolute Gasteiger partial charge is 0.508 e. The van der Waals surface area contributed by atoms with E-state index in [1.54, 1.807) is 0 Å². The first kappa shape index (κ1) is 9.40. The van der Waals surface area contributed by atoms with Gasteiger partial charge in [0.2, 0.25) is 0 Å². The highest BCUT2D eigenvalue weighted by molar-refractivity contribution is 5.38. The molecule has 0 saturated heterocycles. The average Bonchev–Trinajstić information content (AvgIpc) is 2.26. The maximum absolute atomic E-state index is 13.5. The fourth-order valence-electron chi connectivity index (χ4n) is 1.66. The number of benzene rings is 1. The van der Waals surface area contributed by atoms with Gasteiger partial charge in [-0.15, -0.1) is 0 Å². The quantitative estimate of drug-likeness (QED) is 0.669. The predicted octanol–water partition coefficient (Wildman–Crippen LogP) is 1.98. The van der Waals surface area contributed by atoms with Gasteiger partial charge in [-0.2, -0.15) is 0 Å². The number of hydrogen-bond donors (Lipinski definition) is 2. The van der Waals surface area contributed by atoms with Crippen molar-refractivity contribution in [3.05, 3.63) is 29.3 Å². The Bertz CT molecular complexity index is 352. The van der Waals surface area contributed by atoms with Crippen molar-refractivity contribution < 1.29 is 13.9 Å². The number of rotatable bonds is 0. The van der Waals surface area contributed by atoms with E-state index in [9.17, 15) is 8.78 Å². The molecule has 0 spiro atoms. The second-order valence-electron chi connectivity index (χ2n) is 3.47. The van der Waals surface area contributed by atoms with Crippen molar-refractivity contribution in [3.8, 4) is 5.75 Å². The van der Waals surface area contributed by atoms with Crippen molar-refractivity contribution in [2.45, 2.75) is 18.9 Å². The molecule has 76 valence electrons. The summed E-state index contributed by atoms with van der Waals surface area (Å²) in [7, 11) is 0. The van der Waals surface area contributed by atoms with Gasteiger partial charge in [0.15, 0.2) is 0 Å². The van der Waals surface area contributed by atoms with E-state index in [1.807, 2.05) is 0 Å². The third-order valence-electron chi connectivity index (χ3n) is 2.42. The summed E-state index contributed by atoms with van der Waals surface area (Å²) in [5, 5.41) is 12.1. The van der Waals surface area contributed by atoms with Gasteiger partial charge in [-0.25, -0.2) is 8.78 Å². The number of fused-ring (bicyclic) bond motifs is 1. The van der Waals surface area contributed by atoms with Crippen molar-refractivity contribution >= 4 is 0 Å². The number of nitrogens with one attached hydrogen (secondary N) is 1. The van der Waals surface area contributed by atoms with Crippen LogP contribution in [0.5, 0.6) is 5.75 Å². The molecule has 2 N–H and O–H groups in total. The molecule has 0 atom stereocenters. The van der Waals surface area contributed by atoms with Gasteiger partial charge in [0.1, 0.15) is 5.75 Å². The third kappa shape index (κ3) is 1.57. The molecule has 1 aromatic rings. The predicted molar refractivity (Wildman–Crippen MR) is 48.3 cm³/mol. The van der Waals surface area contributed by atoms with Crippen LogP contribution in [0, 0.1) is 0 Å². The van der Waals surface area contributed by atoms with Gasteiger partial charge in [0.25, 0.3) is 5.92 Å². The first-order valence-electron chi connectivity index (χ1n) is 4.50. The zero-order valence-electron chi connectivity index (χ0n) is 7.56. The Morgan fingerprint density at radius 1 is 1.36 bits per heavy atom. The fraction of sp³-hybridized carbons (Fsp3) is 0.400. The van der Waals surface area contributed by atoms with Gasteiger partial charge < -0.3 is 10.4 Å². The van der Waals surface area contributed by atoms with E-state index >= 15 is 0 Å². The minimum Gasteiger partial charge on any atom is -0.508 e. The number of aromatic hydroxyl groups is 1. The van der Waals surface area contributed by atoms with Gasteiger partial charge in [0.05, 0.1) is 0 Å². The Balaban J connectivity index is 2.52. The summed E-state index contributed by atoms with van der Waals surface area (Å²) in [6.07, 6.45) is -0.219. The van der Waals surface area contributed by atoms with E-state index in [4.69, 9.17) is 5.11 Å². The summed E-state index contributed by atoms with van der Waals surface area (Å²) in [6.45, 7) is 0.730. The van der Waals surface area contributed by atoms with E-state index in [0.29, 0.717) is 18.7 Å². The van der Waals surface area contributed by atoms with Crippen molar-refractivity contribution in [3.63, 3.8) is 0 Å².